The molecule has 0 saturated carbocycles. The van der Waals surface area contributed by atoms with Crippen molar-refractivity contribution in [3.8, 4) is 0 Å². The zero-order valence-corrected chi connectivity index (χ0v) is 14.5. The van der Waals surface area contributed by atoms with Gasteiger partial charge in [-0.25, -0.2) is 4.98 Å². The zero-order valence-electron chi connectivity index (χ0n) is 13.0. The van der Waals surface area contributed by atoms with Crippen molar-refractivity contribution in [2.75, 3.05) is 6.26 Å². The average Bonchev–Trinajstić information content (AvgIpc) is 2.56. The number of hydrogen-bond donors (Lipinski definition) is 0. The summed E-state index contributed by atoms with van der Waals surface area (Å²) < 4.78 is 39.5. The minimum absolute atomic E-state index is 0.0885. The molecule has 3 aromatic rings. The molecule has 3 rings (SSSR count). The second-order valence-electron chi connectivity index (χ2n) is 5.38. The summed E-state index contributed by atoms with van der Waals surface area (Å²) in [6, 6.07) is 9.07. The molecule has 0 spiro atoms. The van der Waals surface area contributed by atoms with Crippen LogP contribution in [0.1, 0.15) is 11.1 Å². The normalized spacial score (nSPS) is 11.9. The van der Waals surface area contributed by atoms with E-state index in [4.69, 9.17) is 11.6 Å². The third-order valence-electron chi connectivity index (χ3n) is 3.70. The molecule has 0 saturated heterocycles. The second kappa shape index (κ2) is 6.72. The number of benzene rings is 1. The molecule has 25 heavy (non-hydrogen) atoms. The van der Waals surface area contributed by atoms with Gasteiger partial charge in [-0.05, 0) is 30.5 Å². The maximum atomic E-state index is 12.8. The van der Waals surface area contributed by atoms with Crippen molar-refractivity contribution in [3.63, 3.8) is 0 Å². The van der Waals surface area contributed by atoms with Gasteiger partial charge in [0.15, 0.2) is 0 Å². The number of thioether (sulfide) groups is 1. The van der Waals surface area contributed by atoms with Crippen LogP contribution in [0.15, 0.2) is 52.3 Å². The van der Waals surface area contributed by atoms with Crippen molar-refractivity contribution in [1.82, 2.24) is 9.55 Å². The highest BCUT2D eigenvalue weighted by molar-refractivity contribution is 7.98. The fourth-order valence-electron chi connectivity index (χ4n) is 2.41. The summed E-state index contributed by atoms with van der Waals surface area (Å²) in [5.41, 5.74) is -0.257. The molecule has 8 heteroatoms. The van der Waals surface area contributed by atoms with Crippen molar-refractivity contribution in [2.45, 2.75) is 17.6 Å². The predicted molar refractivity (Wildman–Crippen MR) is 93.3 cm³/mol. The Labute approximate surface area is 150 Å². The van der Waals surface area contributed by atoms with Gasteiger partial charge in [-0.15, -0.1) is 11.8 Å². The summed E-state index contributed by atoms with van der Waals surface area (Å²) >= 11 is 7.74. The van der Waals surface area contributed by atoms with E-state index in [9.17, 15) is 18.0 Å². The van der Waals surface area contributed by atoms with E-state index < -0.39 is 17.3 Å². The van der Waals surface area contributed by atoms with E-state index in [1.165, 1.54) is 0 Å². The quantitative estimate of drug-likeness (QED) is 0.479. The predicted octanol–water partition coefficient (Wildman–Crippen LogP) is 4.84. The Kier molecular flexibility index (Phi) is 4.79. The summed E-state index contributed by atoms with van der Waals surface area (Å²) in [5.74, 6) is 0. The largest absolute Gasteiger partial charge is 0.417 e. The third kappa shape index (κ3) is 3.82. The van der Waals surface area contributed by atoms with Gasteiger partial charge in [-0.1, -0.05) is 17.7 Å². The number of hydrogen-bond acceptors (Lipinski definition) is 3. The van der Waals surface area contributed by atoms with Crippen LogP contribution in [0, 0.1) is 0 Å². The Balaban J connectivity index is 2.03. The molecule has 2 heterocycles. The van der Waals surface area contributed by atoms with Gasteiger partial charge in [-0.2, -0.15) is 13.2 Å². The number of nitrogens with zero attached hydrogens (tertiary/aromatic N) is 2. The first kappa shape index (κ1) is 17.8. The topological polar surface area (TPSA) is 34.9 Å². The Morgan fingerprint density at radius 2 is 1.96 bits per heavy atom. The fourth-order valence-corrected chi connectivity index (χ4v) is 3.05. The van der Waals surface area contributed by atoms with Crippen molar-refractivity contribution in [3.05, 3.63) is 69.2 Å². The van der Waals surface area contributed by atoms with Gasteiger partial charge in [-0.3, -0.25) is 4.79 Å². The summed E-state index contributed by atoms with van der Waals surface area (Å²) in [6.07, 6.45) is -1.79. The maximum absolute atomic E-state index is 12.8. The Bertz CT molecular complexity index is 1000. The van der Waals surface area contributed by atoms with Crippen LogP contribution in [0.25, 0.3) is 10.9 Å². The minimum Gasteiger partial charge on any atom is -0.310 e. The molecule has 0 aliphatic rings. The molecule has 0 aliphatic carbocycles. The number of halogens is 4. The van der Waals surface area contributed by atoms with Crippen molar-refractivity contribution in [2.24, 2.45) is 0 Å². The highest BCUT2D eigenvalue weighted by Gasteiger charge is 2.31. The Hall–Kier alpha value is -1.99. The summed E-state index contributed by atoms with van der Waals surface area (Å²) in [4.78, 5) is 17.2. The molecular weight excluding hydrogens is 373 g/mol. The van der Waals surface area contributed by atoms with Crippen molar-refractivity contribution >= 4 is 34.3 Å². The molecule has 2 aromatic heterocycles. The van der Waals surface area contributed by atoms with Crippen LogP contribution in [0.4, 0.5) is 13.2 Å². The van der Waals surface area contributed by atoms with Crippen LogP contribution in [-0.4, -0.2) is 15.8 Å². The van der Waals surface area contributed by atoms with Gasteiger partial charge in [0.1, 0.15) is 5.15 Å². The first-order chi connectivity index (χ1) is 11.8. The first-order valence-electron chi connectivity index (χ1n) is 7.19. The molecule has 0 fully saturated rings. The van der Waals surface area contributed by atoms with Crippen LogP contribution < -0.4 is 5.56 Å². The number of alkyl halides is 3. The molecule has 1 aromatic carbocycles. The monoisotopic (exact) mass is 384 g/mol. The van der Waals surface area contributed by atoms with E-state index in [1.807, 2.05) is 24.5 Å². The van der Waals surface area contributed by atoms with Crippen LogP contribution in [0.3, 0.4) is 0 Å². The van der Waals surface area contributed by atoms with E-state index in [0.29, 0.717) is 11.1 Å². The van der Waals surface area contributed by atoms with Gasteiger partial charge >= 0.3 is 6.18 Å². The van der Waals surface area contributed by atoms with Gasteiger partial charge in [0.25, 0.3) is 5.56 Å². The lowest BCUT2D eigenvalue weighted by Crippen LogP contribution is -2.22. The standard InChI is InChI=1S/C17H12ClF3N2OS/c1-25-13-4-2-10-6-11(16(18)22-14(10)7-13)8-23-9-12(17(19,20)21)3-5-15(23)24/h2-7,9H,8H2,1H3. The number of rotatable bonds is 3. The number of aromatic nitrogens is 2. The maximum Gasteiger partial charge on any atom is 0.417 e. The Morgan fingerprint density at radius 3 is 2.64 bits per heavy atom. The number of fused-ring (bicyclic) bond motifs is 1. The molecule has 0 amide bonds. The van der Waals surface area contributed by atoms with E-state index in [-0.39, 0.29) is 11.7 Å². The lowest BCUT2D eigenvalue weighted by molar-refractivity contribution is -0.138. The summed E-state index contributed by atoms with van der Waals surface area (Å²) in [6.45, 7) is -0.0885. The minimum atomic E-state index is -4.52. The molecule has 0 bridgehead atoms. The second-order valence-corrected chi connectivity index (χ2v) is 6.62. The molecule has 0 atom stereocenters. The van der Waals surface area contributed by atoms with Gasteiger partial charge < -0.3 is 4.57 Å². The Morgan fingerprint density at radius 1 is 1.20 bits per heavy atom. The molecule has 0 radical (unpaired) electrons. The van der Waals surface area contributed by atoms with Gasteiger partial charge in [0, 0.05) is 28.1 Å². The van der Waals surface area contributed by atoms with E-state index in [0.717, 1.165) is 33.2 Å². The van der Waals surface area contributed by atoms with Crippen molar-refractivity contribution in [1.29, 1.82) is 0 Å². The molecule has 0 aliphatic heterocycles. The molecule has 0 N–H and O–H groups in total. The summed E-state index contributed by atoms with van der Waals surface area (Å²) in [7, 11) is 0. The van der Waals surface area contributed by atoms with Crippen LogP contribution in [0.5, 0.6) is 0 Å². The van der Waals surface area contributed by atoms with Gasteiger partial charge in [0.05, 0.1) is 17.6 Å². The highest BCUT2D eigenvalue weighted by atomic mass is 35.5. The smallest absolute Gasteiger partial charge is 0.310 e. The SMILES string of the molecule is CSc1ccc2cc(Cn3cc(C(F)(F)F)ccc3=O)c(Cl)nc2c1. The van der Waals surface area contributed by atoms with Crippen LogP contribution >= 0.6 is 23.4 Å². The molecule has 130 valence electrons. The van der Waals surface area contributed by atoms with Crippen LogP contribution in [0.2, 0.25) is 5.15 Å². The zero-order chi connectivity index (χ0) is 18.2. The first-order valence-corrected chi connectivity index (χ1v) is 8.79. The van der Waals surface area contributed by atoms with E-state index >= 15 is 0 Å². The van der Waals surface area contributed by atoms with E-state index in [1.54, 1.807) is 17.8 Å². The highest BCUT2D eigenvalue weighted by Crippen LogP contribution is 2.29. The fraction of sp³-hybridized carbons (Fsp3) is 0.176. The van der Waals surface area contributed by atoms with E-state index in [2.05, 4.69) is 4.98 Å². The molecular formula is C17H12ClF3N2OS. The average molecular weight is 385 g/mol. The summed E-state index contributed by atoms with van der Waals surface area (Å²) in [5, 5.41) is 0.965. The molecule has 0 unspecified atom stereocenters. The number of pyridine rings is 2. The lowest BCUT2D eigenvalue weighted by atomic mass is 10.1. The lowest BCUT2D eigenvalue weighted by Gasteiger charge is -2.12. The molecule has 3 nitrogen and oxygen atoms in total. The van der Waals surface area contributed by atoms with Crippen molar-refractivity contribution < 1.29 is 13.2 Å². The van der Waals surface area contributed by atoms with Gasteiger partial charge in [0.2, 0.25) is 0 Å². The van der Waals surface area contributed by atoms with Crippen LogP contribution in [-0.2, 0) is 12.7 Å². The third-order valence-corrected chi connectivity index (χ3v) is 4.76.